The Balaban J connectivity index is 0.00000225. The van der Waals surface area contributed by atoms with E-state index in [0.717, 1.165) is 5.56 Å². The summed E-state index contributed by atoms with van der Waals surface area (Å²) >= 11 is 0. The van der Waals surface area contributed by atoms with E-state index in [1.165, 1.54) is 18.2 Å². The average Bonchev–Trinajstić information content (AvgIpc) is 2.19. The quantitative estimate of drug-likeness (QED) is 0.260. The minimum atomic E-state index is -3.98. The summed E-state index contributed by atoms with van der Waals surface area (Å²) in [6, 6.07) is 7.22. The Hall–Kier alpha value is -0.870. The molecule has 0 amide bonds. The van der Waals surface area contributed by atoms with E-state index in [0.29, 0.717) is 0 Å². The van der Waals surface area contributed by atoms with Crippen molar-refractivity contribution in [2.24, 2.45) is 5.16 Å². The molecule has 0 heterocycles. The van der Waals surface area contributed by atoms with Gasteiger partial charge in [-0.1, -0.05) is 22.9 Å². The van der Waals surface area contributed by atoms with Crippen LogP contribution in [0.2, 0.25) is 0 Å². The van der Waals surface area contributed by atoms with Crippen LogP contribution in [-0.4, -0.2) is 48.2 Å². The van der Waals surface area contributed by atoms with Crippen LogP contribution in [0, 0.1) is 18.3 Å². The van der Waals surface area contributed by atoms with Crippen molar-refractivity contribution >= 4 is 44.4 Å². The van der Waals surface area contributed by atoms with Crippen LogP contribution in [-0.2, 0) is 9.84 Å². The number of hydrogen-bond donors (Lipinski definition) is 1. The molecule has 0 fully saturated rings. The van der Waals surface area contributed by atoms with Crippen molar-refractivity contribution in [3.8, 4) is 6.07 Å². The summed E-state index contributed by atoms with van der Waals surface area (Å²) in [5.74, 6) is 0. The first-order valence-electron chi connectivity index (χ1n) is 3.96. The van der Waals surface area contributed by atoms with Gasteiger partial charge >= 0.3 is 0 Å². The third-order valence-corrected chi connectivity index (χ3v) is 3.35. The largest absolute Gasteiger partial charge is 0.409 e. The van der Waals surface area contributed by atoms with Crippen molar-refractivity contribution in [1.82, 2.24) is 0 Å². The Morgan fingerprint density at radius 2 is 1.88 bits per heavy atom. The molecule has 0 saturated carbocycles. The summed E-state index contributed by atoms with van der Waals surface area (Å²) in [5.41, 5.74) is 0.897. The van der Waals surface area contributed by atoms with Gasteiger partial charge in [0.1, 0.15) is 6.07 Å². The van der Waals surface area contributed by atoms with Gasteiger partial charge in [0.15, 0.2) is 0 Å². The van der Waals surface area contributed by atoms with Gasteiger partial charge in [-0.25, -0.2) is 8.42 Å². The zero-order chi connectivity index (χ0) is 11.5. The average molecular weight is 247 g/mol. The molecule has 1 rings (SSSR count). The molecule has 0 unspecified atom stereocenters. The predicted molar refractivity (Wildman–Crippen MR) is 59.0 cm³/mol. The van der Waals surface area contributed by atoms with Crippen LogP contribution >= 0.6 is 0 Å². The topological polar surface area (TPSA) is 90.5 Å². The van der Waals surface area contributed by atoms with Crippen LogP contribution in [0.4, 0.5) is 0 Å². The van der Waals surface area contributed by atoms with Gasteiger partial charge in [-0.15, -0.1) is 0 Å². The van der Waals surface area contributed by atoms with Gasteiger partial charge in [-0.3, -0.25) is 0 Å². The second kappa shape index (κ2) is 6.01. The van der Waals surface area contributed by atoms with Gasteiger partial charge in [0.2, 0.25) is 9.84 Å². The molecule has 0 spiro atoms. The molecule has 0 aliphatic rings. The summed E-state index contributed by atoms with van der Waals surface area (Å²) < 4.78 is 23.2. The van der Waals surface area contributed by atoms with Crippen LogP contribution < -0.4 is 0 Å². The summed E-state index contributed by atoms with van der Waals surface area (Å²) in [6.45, 7) is 1.81. The first-order valence-corrected chi connectivity index (χ1v) is 5.44. The van der Waals surface area contributed by atoms with E-state index in [2.05, 4.69) is 5.16 Å². The van der Waals surface area contributed by atoms with Crippen LogP contribution in [0.15, 0.2) is 34.3 Å². The van der Waals surface area contributed by atoms with Gasteiger partial charge < -0.3 is 5.21 Å². The summed E-state index contributed by atoms with van der Waals surface area (Å²) in [7, 11) is -3.98. The first kappa shape index (κ1) is 15.1. The molecule has 5 nitrogen and oxygen atoms in total. The predicted octanol–water partition coefficient (Wildman–Crippen LogP) is 0.699. The standard InChI is InChI=1S/C9H8N2O3S.Na/c1-7-2-4-8(5-3-7)15(13,14)9(6-10)11-12;/h2-5,12H,1H3;. The third kappa shape index (κ3) is 3.06. The number of rotatable bonds is 1. The maximum atomic E-state index is 11.6. The fourth-order valence-corrected chi connectivity index (χ4v) is 1.91. The normalized spacial score (nSPS) is 11.4. The second-order valence-corrected chi connectivity index (χ2v) is 4.70. The second-order valence-electron chi connectivity index (χ2n) is 2.83. The van der Waals surface area contributed by atoms with Crippen molar-refractivity contribution in [1.29, 1.82) is 5.26 Å². The minimum Gasteiger partial charge on any atom is -0.409 e. The SMILES string of the molecule is Cc1ccc(S(=O)(=O)C(C#N)=NO)cc1.[Na]. The van der Waals surface area contributed by atoms with Crippen molar-refractivity contribution in [3.63, 3.8) is 0 Å². The molecular formula is C9H8N2NaO3S. The van der Waals surface area contributed by atoms with E-state index >= 15 is 0 Å². The number of sulfone groups is 1. The maximum absolute atomic E-state index is 11.6. The molecule has 1 radical (unpaired) electrons. The molecule has 0 saturated heterocycles. The summed E-state index contributed by atoms with van der Waals surface area (Å²) in [5, 5.41) is 18.4. The van der Waals surface area contributed by atoms with Gasteiger partial charge in [0.25, 0.3) is 5.04 Å². The van der Waals surface area contributed by atoms with E-state index in [1.807, 2.05) is 6.92 Å². The van der Waals surface area contributed by atoms with Crippen LogP contribution in [0.25, 0.3) is 0 Å². The molecule has 1 aromatic carbocycles. The Bertz CT molecular complexity index is 529. The van der Waals surface area contributed by atoms with Gasteiger partial charge in [-0.2, -0.15) is 5.26 Å². The first-order chi connectivity index (χ1) is 7.02. The molecule has 16 heavy (non-hydrogen) atoms. The molecule has 1 aromatic rings. The molecule has 79 valence electrons. The molecule has 0 aliphatic heterocycles. The van der Waals surface area contributed by atoms with Gasteiger partial charge in [-0.05, 0) is 19.1 Å². The van der Waals surface area contributed by atoms with Crippen molar-refractivity contribution in [3.05, 3.63) is 29.8 Å². The van der Waals surface area contributed by atoms with E-state index < -0.39 is 14.9 Å². The Morgan fingerprint density at radius 3 is 2.25 bits per heavy atom. The zero-order valence-corrected chi connectivity index (χ0v) is 11.7. The molecule has 0 aromatic heterocycles. The van der Waals surface area contributed by atoms with Crippen LogP contribution in [0.3, 0.4) is 0 Å². The van der Waals surface area contributed by atoms with Crippen molar-refractivity contribution in [2.45, 2.75) is 11.8 Å². The van der Waals surface area contributed by atoms with Crippen LogP contribution in [0.5, 0.6) is 0 Å². The number of benzene rings is 1. The molecule has 0 bridgehead atoms. The smallest absolute Gasteiger partial charge is 0.275 e. The maximum Gasteiger partial charge on any atom is 0.275 e. The zero-order valence-electron chi connectivity index (χ0n) is 8.88. The Labute approximate surface area is 116 Å². The summed E-state index contributed by atoms with van der Waals surface area (Å²) in [4.78, 5) is -0.0672. The third-order valence-electron chi connectivity index (χ3n) is 1.77. The Kier molecular flexibility index (Phi) is 5.68. The number of nitriles is 1. The van der Waals surface area contributed by atoms with E-state index in [4.69, 9.17) is 10.5 Å². The van der Waals surface area contributed by atoms with Crippen molar-refractivity contribution in [2.75, 3.05) is 0 Å². The molecule has 1 N–H and O–H groups in total. The van der Waals surface area contributed by atoms with Crippen LogP contribution in [0.1, 0.15) is 5.56 Å². The van der Waals surface area contributed by atoms with E-state index in [-0.39, 0.29) is 34.5 Å². The molecule has 0 atom stereocenters. The van der Waals surface area contributed by atoms with Gasteiger partial charge in [0, 0.05) is 29.6 Å². The van der Waals surface area contributed by atoms with Crippen molar-refractivity contribution < 1.29 is 13.6 Å². The number of aryl methyl sites for hydroxylation is 1. The fourth-order valence-electron chi connectivity index (χ4n) is 0.965. The number of nitrogens with zero attached hydrogens (tertiary/aromatic N) is 2. The number of oxime groups is 1. The van der Waals surface area contributed by atoms with E-state index in [9.17, 15) is 8.42 Å². The van der Waals surface area contributed by atoms with Gasteiger partial charge in [0.05, 0.1) is 4.90 Å². The minimum absolute atomic E-state index is 0. The molecule has 7 heteroatoms. The summed E-state index contributed by atoms with van der Waals surface area (Å²) in [6.07, 6.45) is 0. The molecule has 0 aliphatic carbocycles. The fraction of sp³-hybridized carbons (Fsp3) is 0.111. The van der Waals surface area contributed by atoms with E-state index in [1.54, 1.807) is 12.1 Å². The monoisotopic (exact) mass is 247 g/mol. The molecular weight excluding hydrogens is 239 g/mol. The number of hydrogen-bond acceptors (Lipinski definition) is 5. The Morgan fingerprint density at radius 1 is 1.38 bits per heavy atom.